The molecule has 0 aliphatic heterocycles. The summed E-state index contributed by atoms with van der Waals surface area (Å²) >= 11 is 0. The van der Waals surface area contributed by atoms with Gasteiger partial charge < -0.3 is 27.4 Å². The molecule has 1 atom stereocenters. The van der Waals surface area contributed by atoms with E-state index in [1.165, 1.54) is 16.0 Å². The van der Waals surface area contributed by atoms with E-state index in [1.54, 1.807) is 14.1 Å². The molecule has 21 heavy (non-hydrogen) atoms. The third kappa shape index (κ3) is 4.66. The molecule has 0 fully saturated rings. The molecule has 5 heteroatoms. The summed E-state index contributed by atoms with van der Waals surface area (Å²) in [6, 6.07) is 6.43. The summed E-state index contributed by atoms with van der Waals surface area (Å²) in [6.07, 6.45) is 8.13. The van der Waals surface area contributed by atoms with Crippen molar-refractivity contribution in [2.24, 2.45) is 0 Å². The number of hydrogen-bond acceptors (Lipinski definition) is 2. The smallest absolute Gasteiger partial charge is 0.414 e. The van der Waals surface area contributed by atoms with Crippen molar-refractivity contribution in [2.75, 3.05) is 20.6 Å². The topological polar surface area (TPSA) is 46.1 Å². The quantitative estimate of drug-likeness (QED) is 0.645. The van der Waals surface area contributed by atoms with E-state index in [4.69, 9.17) is 11.2 Å². The zero-order chi connectivity index (χ0) is 14.5. The van der Waals surface area contributed by atoms with Crippen molar-refractivity contribution in [3.05, 3.63) is 29.3 Å². The summed E-state index contributed by atoms with van der Waals surface area (Å²) in [5.41, 5.74) is 2.61. The fraction of sp³-hybridized carbons (Fsp3) is 0.438. The normalized spacial score (nSPS) is 16.1. The summed E-state index contributed by atoms with van der Waals surface area (Å²) in [5.74, 6) is 3.27. The van der Waals surface area contributed by atoms with Gasteiger partial charge in [0, 0.05) is 26.9 Å². The maximum atomic E-state index is 11.6. The molecule has 1 unspecified atom stereocenters. The van der Waals surface area contributed by atoms with Gasteiger partial charge in [-0.25, -0.2) is 4.79 Å². The van der Waals surface area contributed by atoms with Gasteiger partial charge in [0.15, 0.2) is 0 Å². The Morgan fingerprint density at radius 3 is 2.90 bits per heavy atom. The van der Waals surface area contributed by atoms with Crippen molar-refractivity contribution in [3.63, 3.8) is 0 Å². The molecule has 0 saturated heterocycles. The largest absolute Gasteiger partial charge is 1.00 e. The standard InChI is InChI=1S/C16H20N2O2.ClH/c1-4-9-17-14-7-5-12-6-8-15(11-13(12)10-14)20-16(19)18(2)3;/h1,6,8,11,14,17H,5,7,9-10H2,2-3H3;1H. The lowest BCUT2D eigenvalue weighted by atomic mass is 9.88. The second-order valence-electron chi connectivity index (χ2n) is 5.34. The lowest BCUT2D eigenvalue weighted by Gasteiger charge is -2.23. The zero-order valence-electron chi connectivity index (χ0n) is 12.4. The number of hydrogen-bond donors (Lipinski definition) is 1. The predicted octanol–water partition coefficient (Wildman–Crippen LogP) is -2.20. The predicted molar refractivity (Wildman–Crippen MR) is 77.6 cm³/mol. The van der Waals surface area contributed by atoms with E-state index in [9.17, 15) is 4.79 Å². The Hall–Kier alpha value is -1.70. The summed E-state index contributed by atoms with van der Waals surface area (Å²) < 4.78 is 5.30. The lowest BCUT2D eigenvalue weighted by molar-refractivity contribution is -0.680. The van der Waals surface area contributed by atoms with E-state index in [0.717, 1.165) is 25.8 Å². The van der Waals surface area contributed by atoms with E-state index in [0.29, 0.717) is 11.8 Å². The van der Waals surface area contributed by atoms with Crippen LogP contribution in [-0.2, 0) is 12.8 Å². The first-order valence-corrected chi connectivity index (χ1v) is 6.88. The van der Waals surface area contributed by atoms with Gasteiger partial charge in [-0.05, 0) is 35.6 Å². The van der Waals surface area contributed by atoms with Crippen LogP contribution < -0.4 is 22.5 Å². The van der Waals surface area contributed by atoms with Crippen LogP contribution in [0.5, 0.6) is 5.75 Å². The molecule has 0 saturated carbocycles. The number of fused-ring (bicyclic) bond motifs is 1. The van der Waals surface area contributed by atoms with Crippen molar-refractivity contribution < 1.29 is 27.3 Å². The van der Waals surface area contributed by atoms with E-state index in [-0.39, 0.29) is 18.5 Å². The van der Waals surface area contributed by atoms with Gasteiger partial charge in [-0.2, -0.15) is 0 Å². The molecule has 1 aliphatic rings. The lowest BCUT2D eigenvalue weighted by Crippen LogP contribution is -3.00. The summed E-state index contributed by atoms with van der Waals surface area (Å²) in [4.78, 5) is 13.0. The number of terminal acetylenes is 1. The number of rotatable bonds is 3. The molecule has 114 valence electrons. The fourth-order valence-electron chi connectivity index (χ4n) is 2.45. The summed E-state index contributed by atoms with van der Waals surface area (Å²) in [7, 11) is 3.34. The molecule has 0 spiro atoms. The summed E-state index contributed by atoms with van der Waals surface area (Å²) in [6.45, 7) is 0.718. The number of benzene rings is 1. The molecule has 0 radical (unpaired) electrons. The summed E-state index contributed by atoms with van der Waals surface area (Å²) in [5, 5.41) is 2.21. The van der Waals surface area contributed by atoms with Gasteiger partial charge in [0.2, 0.25) is 0 Å². The molecule has 4 nitrogen and oxygen atoms in total. The van der Waals surface area contributed by atoms with E-state index in [1.807, 2.05) is 12.1 Å². The Labute approximate surface area is 132 Å². The van der Waals surface area contributed by atoms with Crippen molar-refractivity contribution in [1.29, 1.82) is 0 Å². The third-order valence-electron chi connectivity index (χ3n) is 3.58. The molecule has 2 N–H and O–H groups in total. The van der Waals surface area contributed by atoms with Crippen molar-refractivity contribution in [3.8, 4) is 18.1 Å². The number of ether oxygens (including phenoxy) is 1. The van der Waals surface area contributed by atoms with Crippen molar-refractivity contribution in [1.82, 2.24) is 4.90 Å². The van der Waals surface area contributed by atoms with E-state index < -0.39 is 0 Å². The molecule has 0 heterocycles. The van der Waals surface area contributed by atoms with Crippen LogP contribution in [0.3, 0.4) is 0 Å². The van der Waals surface area contributed by atoms with Crippen LogP contribution in [-0.4, -0.2) is 37.7 Å². The molecule has 0 aromatic heterocycles. The number of nitrogens with zero attached hydrogens (tertiary/aromatic N) is 1. The van der Waals surface area contributed by atoms with Crippen molar-refractivity contribution >= 4 is 6.09 Å². The Morgan fingerprint density at radius 1 is 1.48 bits per heavy atom. The van der Waals surface area contributed by atoms with Crippen LogP contribution in [0, 0.1) is 12.3 Å². The maximum Gasteiger partial charge on any atom is 0.414 e. The van der Waals surface area contributed by atoms with Crippen molar-refractivity contribution in [2.45, 2.75) is 25.3 Å². The highest BCUT2D eigenvalue weighted by atomic mass is 35.5. The highest BCUT2D eigenvalue weighted by Crippen LogP contribution is 2.25. The molecule has 1 aromatic carbocycles. The zero-order valence-corrected chi connectivity index (χ0v) is 13.2. The minimum absolute atomic E-state index is 0. The first-order chi connectivity index (χ1) is 9.60. The van der Waals surface area contributed by atoms with Gasteiger partial charge >= 0.3 is 6.09 Å². The van der Waals surface area contributed by atoms with Crippen LogP contribution >= 0.6 is 0 Å². The number of quaternary nitrogens is 1. The minimum Gasteiger partial charge on any atom is -1.00 e. The Bertz CT molecular complexity index is 538. The van der Waals surface area contributed by atoms with Gasteiger partial charge in [-0.15, -0.1) is 6.42 Å². The molecule has 2 rings (SSSR count). The van der Waals surface area contributed by atoms with Crippen LogP contribution in [0.2, 0.25) is 0 Å². The minimum atomic E-state index is -0.351. The van der Waals surface area contributed by atoms with Gasteiger partial charge in [0.1, 0.15) is 12.3 Å². The Morgan fingerprint density at radius 2 is 2.24 bits per heavy atom. The van der Waals surface area contributed by atoms with E-state index >= 15 is 0 Å². The van der Waals surface area contributed by atoms with E-state index in [2.05, 4.69) is 17.3 Å². The third-order valence-corrected chi connectivity index (χ3v) is 3.58. The first-order valence-electron chi connectivity index (χ1n) is 6.88. The highest BCUT2D eigenvalue weighted by molar-refractivity contribution is 5.70. The first kappa shape index (κ1) is 17.4. The second-order valence-corrected chi connectivity index (χ2v) is 5.34. The monoisotopic (exact) mass is 308 g/mol. The number of carbonyl (C=O) groups is 1. The number of carbonyl (C=O) groups excluding carboxylic acids is 1. The fourth-order valence-corrected chi connectivity index (χ4v) is 2.45. The van der Waals surface area contributed by atoms with Gasteiger partial charge in [-0.3, -0.25) is 0 Å². The average molecular weight is 309 g/mol. The molecule has 1 aromatic rings. The molecule has 0 bridgehead atoms. The number of nitrogens with two attached hydrogens (primary N) is 1. The van der Waals surface area contributed by atoms with Gasteiger partial charge in [-0.1, -0.05) is 6.07 Å². The van der Waals surface area contributed by atoms with Crippen LogP contribution in [0.15, 0.2) is 18.2 Å². The highest BCUT2D eigenvalue weighted by Gasteiger charge is 2.21. The average Bonchev–Trinajstić information content (AvgIpc) is 2.44. The van der Waals surface area contributed by atoms with Crippen LogP contribution in [0.4, 0.5) is 4.79 Å². The second kappa shape index (κ2) is 7.92. The maximum absolute atomic E-state index is 11.6. The molecular formula is C16H21ClN2O2. The SMILES string of the molecule is C#CC[NH2+]C1CCc2ccc(OC(=O)N(C)C)cc2C1.[Cl-]. The van der Waals surface area contributed by atoms with Gasteiger partial charge in [0.25, 0.3) is 0 Å². The Kier molecular flexibility index (Phi) is 6.54. The molecular weight excluding hydrogens is 288 g/mol. The van der Waals surface area contributed by atoms with Gasteiger partial charge in [0.05, 0.1) is 6.04 Å². The Balaban J connectivity index is 0.00000220. The molecule has 1 amide bonds. The number of aryl methyl sites for hydroxylation is 1. The van der Waals surface area contributed by atoms with Crippen LogP contribution in [0.1, 0.15) is 17.5 Å². The molecule has 1 aliphatic carbocycles. The van der Waals surface area contributed by atoms with Crippen LogP contribution in [0.25, 0.3) is 0 Å². The number of amides is 1. The number of halogens is 1.